The molecule has 1 atom stereocenters. The van der Waals surface area contributed by atoms with Crippen molar-refractivity contribution in [3.05, 3.63) is 5.89 Å². The van der Waals surface area contributed by atoms with E-state index < -0.39 is 0 Å². The lowest BCUT2D eigenvalue weighted by Crippen LogP contribution is -2.35. The first kappa shape index (κ1) is 12.9. The van der Waals surface area contributed by atoms with Gasteiger partial charge in [0, 0.05) is 31.5 Å². The molecule has 2 rings (SSSR count). The molecule has 0 bridgehead atoms. The van der Waals surface area contributed by atoms with E-state index in [4.69, 9.17) is 4.42 Å². The average Bonchev–Trinajstić information content (AvgIpc) is 2.81. The van der Waals surface area contributed by atoms with E-state index in [-0.39, 0.29) is 17.4 Å². The second kappa shape index (κ2) is 4.59. The van der Waals surface area contributed by atoms with Gasteiger partial charge in [-0.1, -0.05) is 25.9 Å². The van der Waals surface area contributed by atoms with Gasteiger partial charge < -0.3 is 14.6 Å². The molecule has 0 saturated carbocycles. The molecule has 6 heteroatoms. The van der Waals surface area contributed by atoms with Crippen molar-refractivity contribution in [1.29, 1.82) is 0 Å². The molecule has 1 fully saturated rings. The third kappa shape index (κ3) is 2.80. The number of carbonyl (C=O) groups is 1. The van der Waals surface area contributed by atoms with Gasteiger partial charge in [-0.2, -0.15) is 0 Å². The first-order chi connectivity index (χ1) is 8.36. The molecule has 0 aromatic carbocycles. The first-order valence-electron chi connectivity index (χ1n) is 6.22. The molecular formula is C12H20N4O2. The minimum absolute atomic E-state index is 0.00256. The molecule has 1 aliphatic rings. The maximum Gasteiger partial charge on any atom is 0.318 e. The Labute approximate surface area is 107 Å². The van der Waals surface area contributed by atoms with E-state index in [9.17, 15) is 4.79 Å². The third-order valence-electron chi connectivity index (χ3n) is 2.92. The van der Waals surface area contributed by atoms with Crippen molar-refractivity contribution < 1.29 is 9.21 Å². The van der Waals surface area contributed by atoms with Crippen LogP contribution in [0.5, 0.6) is 0 Å². The Balaban J connectivity index is 2.01. The minimum atomic E-state index is -0.137. The van der Waals surface area contributed by atoms with Crippen LogP contribution in [0.2, 0.25) is 0 Å². The Morgan fingerprint density at radius 3 is 2.72 bits per heavy atom. The van der Waals surface area contributed by atoms with E-state index >= 15 is 0 Å². The van der Waals surface area contributed by atoms with Crippen molar-refractivity contribution in [2.45, 2.75) is 45.6 Å². The number of carbonyl (C=O) groups excluding carboxylic acids is 1. The highest BCUT2D eigenvalue weighted by Crippen LogP contribution is 2.25. The van der Waals surface area contributed by atoms with E-state index in [2.05, 4.69) is 15.5 Å². The van der Waals surface area contributed by atoms with Crippen LogP contribution in [0.25, 0.3) is 0 Å². The van der Waals surface area contributed by atoms with Crippen molar-refractivity contribution in [3.63, 3.8) is 0 Å². The van der Waals surface area contributed by atoms with Gasteiger partial charge in [0.2, 0.25) is 11.8 Å². The number of aromatic nitrogens is 2. The monoisotopic (exact) mass is 252 g/mol. The Morgan fingerprint density at radius 2 is 2.17 bits per heavy atom. The highest BCUT2D eigenvalue weighted by molar-refractivity contribution is 5.73. The number of nitrogens with one attached hydrogen (secondary N) is 1. The molecule has 1 aromatic heterocycles. The van der Waals surface area contributed by atoms with Crippen molar-refractivity contribution in [3.8, 4) is 0 Å². The smallest absolute Gasteiger partial charge is 0.318 e. The second-order valence-electron chi connectivity index (χ2n) is 5.77. The van der Waals surface area contributed by atoms with Crippen LogP contribution in [0.4, 0.5) is 6.01 Å². The summed E-state index contributed by atoms with van der Waals surface area (Å²) in [6.45, 7) is 9.20. The topological polar surface area (TPSA) is 71.3 Å². The van der Waals surface area contributed by atoms with E-state index in [1.165, 1.54) is 6.92 Å². The molecule has 100 valence electrons. The molecule has 1 amide bonds. The fourth-order valence-corrected chi connectivity index (χ4v) is 1.99. The van der Waals surface area contributed by atoms with Crippen LogP contribution in [0, 0.1) is 0 Å². The highest BCUT2D eigenvalue weighted by Gasteiger charge is 2.28. The fourth-order valence-electron chi connectivity index (χ4n) is 1.99. The second-order valence-corrected chi connectivity index (χ2v) is 5.77. The van der Waals surface area contributed by atoms with Gasteiger partial charge in [0.25, 0.3) is 0 Å². The summed E-state index contributed by atoms with van der Waals surface area (Å²) in [6, 6.07) is 0.722. The van der Waals surface area contributed by atoms with E-state index in [0.717, 1.165) is 19.5 Å². The van der Waals surface area contributed by atoms with Gasteiger partial charge in [-0.05, 0) is 6.42 Å². The van der Waals surface area contributed by atoms with Crippen LogP contribution in [0.15, 0.2) is 4.42 Å². The predicted octanol–water partition coefficient (Wildman–Crippen LogP) is 1.08. The normalized spacial score (nSPS) is 20.2. The lowest BCUT2D eigenvalue weighted by Gasteiger charge is -2.14. The zero-order valence-electron chi connectivity index (χ0n) is 11.4. The quantitative estimate of drug-likeness (QED) is 0.853. The van der Waals surface area contributed by atoms with Crippen LogP contribution < -0.4 is 10.2 Å². The largest absolute Gasteiger partial charge is 0.407 e. The van der Waals surface area contributed by atoms with Gasteiger partial charge in [-0.15, -0.1) is 5.10 Å². The van der Waals surface area contributed by atoms with Crippen LogP contribution >= 0.6 is 0 Å². The summed E-state index contributed by atoms with van der Waals surface area (Å²) in [5.74, 6) is 0.642. The Hall–Kier alpha value is -1.59. The van der Waals surface area contributed by atoms with E-state index in [0.29, 0.717) is 11.9 Å². The molecule has 1 N–H and O–H groups in total. The molecule has 0 radical (unpaired) electrons. The molecule has 0 unspecified atom stereocenters. The Morgan fingerprint density at radius 1 is 1.44 bits per heavy atom. The molecule has 1 aromatic rings. The number of rotatable bonds is 2. The molecule has 18 heavy (non-hydrogen) atoms. The molecule has 0 spiro atoms. The molecule has 1 aliphatic heterocycles. The fraction of sp³-hybridized carbons (Fsp3) is 0.750. The lowest BCUT2D eigenvalue weighted by atomic mass is 9.97. The van der Waals surface area contributed by atoms with Crippen LogP contribution in [-0.4, -0.2) is 35.2 Å². The van der Waals surface area contributed by atoms with Crippen molar-refractivity contribution >= 4 is 11.9 Å². The van der Waals surface area contributed by atoms with Crippen LogP contribution in [0.3, 0.4) is 0 Å². The summed E-state index contributed by atoms with van der Waals surface area (Å²) in [5, 5.41) is 11.1. The summed E-state index contributed by atoms with van der Waals surface area (Å²) < 4.78 is 5.68. The standard InChI is InChI=1S/C12H20N4O2/c1-8(17)13-9-5-6-16(7-9)11-15-14-10(18-11)12(2,3)4/h9H,5-7H2,1-4H3,(H,13,17)/t9-/m0/s1. The molecule has 6 nitrogen and oxygen atoms in total. The summed E-state index contributed by atoms with van der Waals surface area (Å²) in [6.07, 6.45) is 0.910. The summed E-state index contributed by atoms with van der Waals surface area (Å²) >= 11 is 0. The number of nitrogens with zero attached hydrogens (tertiary/aromatic N) is 3. The summed E-state index contributed by atoms with van der Waals surface area (Å²) in [7, 11) is 0. The maximum absolute atomic E-state index is 11.0. The van der Waals surface area contributed by atoms with Crippen LogP contribution in [0.1, 0.15) is 40.0 Å². The molecule has 1 saturated heterocycles. The highest BCUT2D eigenvalue weighted by atomic mass is 16.4. The van der Waals surface area contributed by atoms with Crippen molar-refractivity contribution in [2.75, 3.05) is 18.0 Å². The van der Waals surface area contributed by atoms with Gasteiger partial charge in [0.15, 0.2) is 0 Å². The van der Waals surface area contributed by atoms with Crippen molar-refractivity contribution in [1.82, 2.24) is 15.5 Å². The van der Waals surface area contributed by atoms with Gasteiger partial charge in [-0.25, -0.2) is 0 Å². The Kier molecular flexibility index (Phi) is 3.28. The van der Waals surface area contributed by atoms with Gasteiger partial charge in [0.1, 0.15) is 0 Å². The zero-order valence-corrected chi connectivity index (χ0v) is 11.4. The predicted molar refractivity (Wildman–Crippen MR) is 67.4 cm³/mol. The minimum Gasteiger partial charge on any atom is -0.407 e. The zero-order chi connectivity index (χ0) is 13.3. The molecular weight excluding hydrogens is 232 g/mol. The first-order valence-corrected chi connectivity index (χ1v) is 6.22. The SMILES string of the molecule is CC(=O)N[C@H]1CCN(c2nnc(C(C)(C)C)o2)C1. The van der Waals surface area contributed by atoms with E-state index in [1.54, 1.807) is 0 Å². The van der Waals surface area contributed by atoms with Gasteiger partial charge in [-0.3, -0.25) is 4.79 Å². The number of hydrogen-bond donors (Lipinski definition) is 1. The van der Waals surface area contributed by atoms with Crippen LogP contribution in [-0.2, 0) is 10.2 Å². The van der Waals surface area contributed by atoms with Gasteiger partial charge in [0.05, 0.1) is 0 Å². The molecule has 0 aliphatic carbocycles. The number of amides is 1. The van der Waals surface area contributed by atoms with E-state index in [1.807, 2.05) is 25.7 Å². The lowest BCUT2D eigenvalue weighted by molar-refractivity contribution is -0.119. The molecule has 2 heterocycles. The Bertz CT molecular complexity index is 436. The number of anilines is 1. The van der Waals surface area contributed by atoms with Gasteiger partial charge >= 0.3 is 6.01 Å². The van der Waals surface area contributed by atoms with Crippen molar-refractivity contribution in [2.24, 2.45) is 0 Å². The maximum atomic E-state index is 11.0. The number of hydrogen-bond acceptors (Lipinski definition) is 5. The average molecular weight is 252 g/mol. The third-order valence-corrected chi connectivity index (χ3v) is 2.92. The summed E-state index contributed by atoms with van der Waals surface area (Å²) in [5.41, 5.74) is -0.137. The summed E-state index contributed by atoms with van der Waals surface area (Å²) in [4.78, 5) is 13.0.